The van der Waals surface area contributed by atoms with E-state index in [-0.39, 0.29) is 5.82 Å². The molecule has 0 saturated carbocycles. The van der Waals surface area contributed by atoms with Crippen molar-refractivity contribution < 1.29 is 14.6 Å². The van der Waals surface area contributed by atoms with Crippen LogP contribution in [-0.4, -0.2) is 28.9 Å². The summed E-state index contributed by atoms with van der Waals surface area (Å²) in [5, 5.41) is 19.6. The monoisotopic (exact) mass is 255 g/mol. The molecule has 0 radical (unpaired) electrons. The molecule has 1 aromatic rings. The van der Waals surface area contributed by atoms with Crippen LogP contribution in [0, 0.1) is 5.82 Å². The summed E-state index contributed by atoms with van der Waals surface area (Å²) in [6.07, 6.45) is -0.744. The minimum absolute atomic E-state index is 0.310. The van der Waals surface area contributed by atoms with Gasteiger partial charge in [0.15, 0.2) is 0 Å². The summed E-state index contributed by atoms with van der Waals surface area (Å²) in [6.45, 7) is 7.73. The summed E-state index contributed by atoms with van der Waals surface area (Å²) in [6, 6.07) is 4.66. The average molecular weight is 255 g/mol. The van der Waals surface area contributed by atoms with Gasteiger partial charge in [-0.25, -0.2) is 4.39 Å². The highest BCUT2D eigenvalue weighted by atomic mass is 19.1. The molecule has 18 heavy (non-hydrogen) atoms. The Morgan fingerprint density at radius 2 is 2.00 bits per heavy atom. The Morgan fingerprint density at radius 3 is 2.44 bits per heavy atom. The highest BCUT2D eigenvalue weighted by molar-refractivity contribution is 5.56. The molecule has 3 nitrogen and oxygen atoms in total. The second kappa shape index (κ2) is 5.67. The Morgan fingerprint density at radius 1 is 1.39 bits per heavy atom. The number of aliphatic hydroxyl groups is 2. The molecule has 2 N–H and O–H groups in total. The first-order valence-corrected chi connectivity index (χ1v) is 6.20. The second-order valence-corrected chi connectivity index (χ2v) is 5.18. The van der Waals surface area contributed by atoms with Crippen molar-refractivity contribution in [3.63, 3.8) is 0 Å². The predicted molar refractivity (Wildman–Crippen MR) is 71.2 cm³/mol. The minimum atomic E-state index is -0.922. The quantitative estimate of drug-likeness (QED) is 0.849. The van der Waals surface area contributed by atoms with Gasteiger partial charge in [0.2, 0.25) is 0 Å². The first-order chi connectivity index (χ1) is 8.26. The Bertz CT molecular complexity index is 399. The summed E-state index contributed by atoms with van der Waals surface area (Å²) in [5.74, 6) is -0.375. The van der Waals surface area contributed by atoms with Crippen LogP contribution in [0.5, 0.6) is 0 Å². The molecule has 0 unspecified atom stereocenters. The van der Waals surface area contributed by atoms with E-state index < -0.39 is 11.7 Å². The number of benzene rings is 1. The smallest absolute Gasteiger partial charge is 0.146 e. The molecule has 0 aromatic heterocycles. The molecule has 0 saturated heterocycles. The number of hydrogen-bond acceptors (Lipinski definition) is 3. The lowest BCUT2D eigenvalue weighted by Crippen LogP contribution is -2.39. The maximum atomic E-state index is 14.0. The number of anilines is 1. The number of likely N-dealkylation sites (N-methyl/N-ethyl adjacent to an activating group) is 1. The van der Waals surface area contributed by atoms with E-state index in [2.05, 4.69) is 0 Å². The topological polar surface area (TPSA) is 43.7 Å². The third-order valence-corrected chi connectivity index (χ3v) is 2.74. The van der Waals surface area contributed by atoms with Crippen LogP contribution in [0.3, 0.4) is 0 Å². The molecule has 0 amide bonds. The van der Waals surface area contributed by atoms with Gasteiger partial charge in [0.1, 0.15) is 5.82 Å². The third-order valence-electron chi connectivity index (χ3n) is 2.74. The largest absolute Gasteiger partial charge is 0.389 e. The van der Waals surface area contributed by atoms with Crippen molar-refractivity contribution >= 4 is 5.69 Å². The van der Waals surface area contributed by atoms with Crippen LogP contribution in [0.25, 0.3) is 0 Å². The number of para-hydroxylation sites is 1. The third kappa shape index (κ3) is 3.68. The van der Waals surface area contributed by atoms with Crippen molar-refractivity contribution in [3.05, 3.63) is 29.6 Å². The molecule has 0 bridgehead atoms. The lowest BCUT2D eigenvalue weighted by atomic mass is 10.0. The fourth-order valence-corrected chi connectivity index (χ4v) is 2.02. The molecule has 0 aliphatic heterocycles. The first kappa shape index (κ1) is 14.9. The number of halogens is 1. The molecular weight excluding hydrogens is 233 g/mol. The Hall–Kier alpha value is -1.13. The van der Waals surface area contributed by atoms with Crippen molar-refractivity contribution in [1.82, 2.24) is 0 Å². The normalized spacial score (nSPS) is 13.5. The number of rotatable bonds is 5. The molecule has 1 atom stereocenters. The van der Waals surface area contributed by atoms with Gasteiger partial charge in [-0.3, -0.25) is 0 Å². The first-order valence-electron chi connectivity index (χ1n) is 6.20. The molecule has 4 heteroatoms. The van der Waals surface area contributed by atoms with Crippen LogP contribution in [0.1, 0.15) is 39.4 Å². The van der Waals surface area contributed by atoms with Gasteiger partial charge in [0.25, 0.3) is 0 Å². The molecule has 0 heterocycles. The molecule has 0 aliphatic carbocycles. The van der Waals surface area contributed by atoms with E-state index in [0.29, 0.717) is 24.3 Å². The summed E-state index contributed by atoms with van der Waals surface area (Å²) < 4.78 is 14.0. The molecule has 0 aliphatic rings. The van der Waals surface area contributed by atoms with E-state index >= 15 is 0 Å². The Labute approximate surface area is 108 Å². The zero-order valence-electron chi connectivity index (χ0n) is 11.4. The maximum absolute atomic E-state index is 14.0. The summed E-state index contributed by atoms with van der Waals surface area (Å²) in [7, 11) is 0. The van der Waals surface area contributed by atoms with Crippen LogP contribution in [0.2, 0.25) is 0 Å². The van der Waals surface area contributed by atoms with Gasteiger partial charge in [-0.1, -0.05) is 12.1 Å². The minimum Gasteiger partial charge on any atom is -0.389 e. The van der Waals surface area contributed by atoms with Crippen LogP contribution >= 0.6 is 0 Å². The molecular formula is C14H22FNO2. The average Bonchev–Trinajstić information content (AvgIpc) is 2.24. The van der Waals surface area contributed by atoms with Gasteiger partial charge in [-0.2, -0.15) is 0 Å². The molecule has 102 valence electrons. The molecule has 0 fully saturated rings. The van der Waals surface area contributed by atoms with E-state index in [1.165, 1.54) is 6.07 Å². The lowest BCUT2D eigenvalue weighted by molar-refractivity contribution is 0.0872. The Kier molecular flexibility index (Phi) is 4.71. The van der Waals surface area contributed by atoms with E-state index in [9.17, 15) is 14.6 Å². The molecule has 1 aromatic carbocycles. The van der Waals surface area contributed by atoms with Crippen molar-refractivity contribution in [1.29, 1.82) is 0 Å². The zero-order valence-corrected chi connectivity index (χ0v) is 11.4. The lowest BCUT2D eigenvalue weighted by Gasteiger charge is -2.32. The van der Waals surface area contributed by atoms with Gasteiger partial charge in [0.05, 0.1) is 17.4 Å². The van der Waals surface area contributed by atoms with Gasteiger partial charge in [-0.05, 0) is 33.8 Å². The molecule has 1 rings (SSSR count). The highest BCUT2D eigenvalue weighted by Crippen LogP contribution is 2.30. The van der Waals surface area contributed by atoms with Crippen molar-refractivity contribution in [2.24, 2.45) is 0 Å². The van der Waals surface area contributed by atoms with Gasteiger partial charge >= 0.3 is 0 Å². The van der Waals surface area contributed by atoms with Crippen LogP contribution in [0.15, 0.2) is 18.2 Å². The van der Waals surface area contributed by atoms with Gasteiger partial charge in [0, 0.05) is 18.7 Å². The van der Waals surface area contributed by atoms with Gasteiger partial charge in [-0.15, -0.1) is 0 Å². The SMILES string of the molecule is CCN(CC(C)(C)O)c1c(F)cccc1[C@@H](C)O. The standard InChI is InChI=1S/C14H22FNO2/c1-5-16(9-14(3,4)18)13-11(10(2)17)7-6-8-12(13)15/h6-8,10,17-18H,5,9H2,1-4H3/t10-/m1/s1. The number of nitrogens with zero attached hydrogens (tertiary/aromatic N) is 1. The summed E-state index contributed by atoms with van der Waals surface area (Å²) in [4.78, 5) is 1.75. The van der Waals surface area contributed by atoms with Crippen molar-refractivity contribution in [3.8, 4) is 0 Å². The maximum Gasteiger partial charge on any atom is 0.146 e. The van der Waals surface area contributed by atoms with Crippen molar-refractivity contribution in [2.75, 3.05) is 18.0 Å². The van der Waals surface area contributed by atoms with Crippen molar-refractivity contribution in [2.45, 2.75) is 39.4 Å². The fraction of sp³-hybridized carbons (Fsp3) is 0.571. The van der Waals surface area contributed by atoms with Crippen LogP contribution < -0.4 is 4.90 Å². The highest BCUT2D eigenvalue weighted by Gasteiger charge is 2.23. The number of hydrogen-bond donors (Lipinski definition) is 2. The predicted octanol–water partition coefficient (Wildman–Crippen LogP) is 2.48. The van der Waals surface area contributed by atoms with E-state index in [0.717, 1.165) is 0 Å². The van der Waals surface area contributed by atoms with Crippen LogP contribution in [-0.2, 0) is 0 Å². The summed E-state index contributed by atoms with van der Waals surface area (Å²) in [5.41, 5.74) is -0.00734. The van der Waals surface area contributed by atoms with E-state index in [4.69, 9.17) is 0 Å². The second-order valence-electron chi connectivity index (χ2n) is 5.18. The van der Waals surface area contributed by atoms with E-state index in [1.807, 2.05) is 6.92 Å². The number of aliphatic hydroxyl groups excluding tert-OH is 1. The Balaban J connectivity index is 3.19. The summed E-state index contributed by atoms with van der Waals surface area (Å²) >= 11 is 0. The molecule has 0 spiro atoms. The zero-order chi connectivity index (χ0) is 13.9. The van der Waals surface area contributed by atoms with Crippen LogP contribution in [0.4, 0.5) is 10.1 Å². The van der Waals surface area contributed by atoms with Gasteiger partial charge < -0.3 is 15.1 Å². The fourth-order valence-electron chi connectivity index (χ4n) is 2.02. The van der Waals surface area contributed by atoms with E-state index in [1.54, 1.807) is 37.8 Å².